The van der Waals surface area contributed by atoms with Crippen LogP contribution in [0.2, 0.25) is 0 Å². The molecule has 1 nitrogen and oxygen atoms in total. The SMILES string of the molecule is CCSC(SCC)=C(C(C)=O)c1ccc(F)cc1Br. The summed E-state index contributed by atoms with van der Waals surface area (Å²) >= 11 is 6.65. The molecule has 0 saturated carbocycles. The number of halogens is 2. The first-order valence-corrected chi connectivity index (χ1v) is 8.73. The molecule has 1 rings (SSSR count). The van der Waals surface area contributed by atoms with Crippen molar-refractivity contribution in [3.05, 3.63) is 38.3 Å². The Morgan fingerprint density at radius 3 is 2.26 bits per heavy atom. The van der Waals surface area contributed by atoms with Gasteiger partial charge in [-0.1, -0.05) is 35.8 Å². The molecule has 0 aliphatic heterocycles. The molecule has 5 heteroatoms. The van der Waals surface area contributed by atoms with Crippen LogP contribution in [0.5, 0.6) is 0 Å². The number of hydrogen-bond acceptors (Lipinski definition) is 3. The number of hydrogen-bond donors (Lipinski definition) is 0. The minimum absolute atomic E-state index is 0.00390. The minimum Gasteiger partial charge on any atom is -0.294 e. The molecule has 0 bridgehead atoms. The van der Waals surface area contributed by atoms with E-state index in [0.29, 0.717) is 10.0 Å². The van der Waals surface area contributed by atoms with Crippen molar-refractivity contribution in [3.63, 3.8) is 0 Å². The highest BCUT2D eigenvalue weighted by atomic mass is 79.9. The first-order chi connectivity index (χ1) is 9.01. The van der Waals surface area contributed by atoms with Crippen molar-refractivity contribution in [2.45, 2.75) is 20.8 Å². The van der Waals surface area contributed by atoms with Crippen LogP contribution in [0.25, 0.3) is 5.57 Å². The molecular weight excluding hydrogens is 347 g/mol. The van der Waals surface area contributed by atoms with Gasteiger partial charge in [0.05, 0.1) is 4.24 Å². The maximum atomic E-state index is 13.2. The Morgan fingerprint density at radius 1 is 1.26 bits per heavy atom. The molecule has 1 aromatic rings. The van der Waals surface area contributed by atoms with Crippen LogP contribution in [0.1, 0.15) is 26.3 Å². The van der Waals surface area contributed by atoms with Crippen LogP contribution in [0.4, 0.5) is 4.39 Å². The molecule has 0 atom stereocenters. The average molecular weight is 363 g/mol. The second-order valence-electron chi connectivity index (χ2n) is 3.71. The maximum Gasteiger partial charge on any atom is 0.162 e. The van der Waals surface area contributed by atoms with Crippen molar-refractivity contribution >= 4 is 50.8 Å². The molecule has 1 aromatic carbocycles. The van der Waals surface area contributed by atoms with E-state index in [0.717, 1.165) is 21.3 Å². The van der Waals surface area contributed by atoms with Crippen LogP contribution in [0.15, 0.2) is 26.9 Å². The molecule has 0 radical (unpaired) electrons. The highest BCUT2D eigenvalue weighted by Gasteiger charge is 2.17. The smallest absolute Gasteiger partial charge is 0.162 e. The predicted octanol–water partition coefficient (Wildman–Crippen LogP) is 5.35. The van der Waals surface area contributed by atoms with E-state index >= 15 is 0 Å². The van der Waals surface area contributed by atoms with Crippen LogP contribution in [0.3, 0.4) is 0 Å². The standard InChI is InChI=1S/C14H16BrFOS2/c1-4-18-14(19-5-2)13(9(3)17)11-7-6-10(16)8-12(11)15/h6-8H,4-5H2,1-3H3. The number of rotatable bonds is 6. The van der Waals surface area contributed by atoms with Crippen molar-refractivity contribution in [2.24, 2.45) is 0 Å². The zero-order valence-corrected chi connectivity index (χ0v) is 14.3. The molecule has 0 unspecified atom stereocenters. The summed E-state index contributed by atoms with van der Waals surface area (Å²) in [6, 6.07) is 4.43. The fraction of sp³-hybridized carbons (Fsp3) is 0.357. The fourth-order valence-corrected chi connectivity index (χ4v) is 4.49. The van der Waals surface area contributed by atoms with Gasteiger partial charge in [0.1, 0.15) is 5.82 Å². The monoisotopic (exact) mass is 362 g/mol. The van der Waals surface area contributed by atoms with Crippen LogP contribution in [0, 0.1) is 5.82 Å². The number of ketones is 1. The van der Waals surface area contributed by atoms with E-state index in [2.05, 4.69) is 29.8 Å². The highest BCUT2D eigenvalue weighted by molar-refractivity contribution is 9.10. The Morgan fingerprint density at radius 2 is 1.84 bits per heavy atom. The van der Waals surface area contributed by atoms with E-state index < -0.39 is 0 Å². The Bertz CT molecular complexity index is 492. The molecule has 0 spiro atoms. The lowest BCUT2D eigenvalue weighted by molar-refractivity contribution is -0.111. The van der Waals surface area contributed by atoms with Crippen molar-refractivity contribution < 1.29 is 9.18 Å². The van der Waals surface area contributed by atoms with Gasteiger partial charge in [0.15, 0.2) is 5.78 Å². The zero-order valence-electron chi connectivity index (χ0n) is 11.1. The average Bonchev–Trinajstić information content (AvgIpc) is 2.32. The van der Waals surface area contributed by atoms with E-state index in [9.17, 15) is 9.18 Å². The first-order valence-electron chi connectivity index (χ1n) is 5.97. The first kappa shape index (κ1) is 16.8. The van der Waals surface area contributed by atoms with Gasteiger partial charge in [0.2, 0.25) is 0 Å². The summed E-state index contributed by atoms with van der Waals surface area (Å²) in [5.74, 6) is 1.49. The second-order valence-corrected chi connectivity index (χ2v) is 7.37. The Kier molecular flexibility index (Phi) is 7.18. The number of benzene rings is 1. The van der Waals surface area contributed by atoms with Gasteiger partial charge in [-0.15, -0.1) is 23.5 Å². The third kappa shape index (κ3) is 4.65. The molecule has 0 N–H and O–H groups in total. The third-order valence-corrected chi connectivity index (χ3v) is 5.18. The Hall–Kier alpha value is -0.260. The number of allylic oxidation sites excluding steroid dienone is 1. The largest absolute Gasteiger partial charge is 0.294 e. The third-order valence-electron chi connectivity index (χ3n) is 2.31. The molecule has 0 aliphatic carbocycles. The predicted molar refractivity (Wildman–Crippen MR) is 88.0 cm³/mol. The number of thioether (sulfide) groups is 2. The maximum absolute atomic E-state index is 13.2. The summed E-state index contributed by atoms with van der Waals surface area (Å²) in [4.78, 5) is 12.0. The van der Waals surface area contributed by atoms with Crippen molar-refractivity contribution in [3.8, 4) is 0 Å². The van der Waals surface area contributed by atoms with Gasteiger partial charge in [0.25, 0.3) is 0 Å². The van der Waals surface area contributed by atoms with E-state index in [4.69, 9.17) is 0 Å². The van der Waals surface area contributed by atoms with E-state index in [-0.39, 0.29) is 11.6 Å². The molecule has 0 fully saturated rings. The molecule has 0 heterocycles. The summed E-state index contributed by atoms with van der Waals surface area (Å²) < 4.78 is 14.8. The van der Waals surface area contributed by atoms with Gasteiger partial charge in [-0.05, 0) is 30.6 Å². The van der Waals surface area contributed by atoms with E-state index in [1.54, 1.807) is 36.5 Å². The molecule has 0 aliphatic rings. The lowest BCUT2D eigenvalue weighted by atomic mass is 10.0. The van der Waals surface area contributed by atoms with Gasteiger partial charge in [-0.25, -0.2) is 4.39 Å². The number of carbonyl (C=O) groups excluding carboxylic acids is 1. The lowest BCUT2D eigenvalue weighted by Gasteiger charge is -2.13. The van der Waals surface area contributed by atoms with Crippen LogP contribution >= 0.6 is 39.5 Å². The quantitative estimate of drug-likeness (QED) is 0.634. The topological polar surface area (TPSA) is 17.1 Å². The molecule has 0 saturated heterocycles. The summed E-state index contributed by atoms with van der Waals surface area (Å²) in [6.45, 7) is 5.66. The van der Waals surface area contributed by atoms with E-state index in [1.165, 1.54) is 12.1 Å². The summed E-state index contributed by atoms with van der Waals surface area (Å²) in [6.07, 6.45) is 0. The Labute approximate surface area is 130 Å². The van der Waals surface area contributed by atoms with Gasteiger partial charge < -0.3 is 0 Å². The van der Waals surface area contributed by atoms with Crippen LogP contribution in [-0.4, -0.2) is 17.3 Å². The van der Waals surface area contributed by atoms with Crippen molar-refractivity contribution in [2.75, 3.05) is 11.5 Å². The number of carbonyl (C=O) groups is 1. The highest BCUT2D eigenvalue weighted by Crippen LogP contribution is 2.38. The summed E-state index contributed by atoms with van der Waals surface area (Å²) in [5, 5.41) is 0. The van der Waals surface area contributed by atoms with Gasteiger partial charge >= 0.3 is 0 Å². The van der Waals surface area contributed by atoms with Crippen LogP contribution in [-0.2, 0) is 4.79 Å². The fourth-order valence-electron chi connectivity index (χ4n) is 1.58. The lowest BCUT2D eigenvalue weighted by Crippen LogP contribution is -2.00. The van der Waals surface area contributed by atoms with E-state index in [1.807, 2.05) is 0 Å². The van der Waals surface area contributed by atoms with Gasteiger partial charge in [0, 0.05) is 15.6 Å². The molecule has 19 heavy (non-hydrogen) atoms. The number of Topliss-reactive ketones (excluding diaryl/α,β-unsaturated/α-hetero) is 1. The van der Waals surface area contributed by atoms with Gasteiger partial charge in [-0.2, -0.15) is 0 Å². The van der Waals surface area contributed by atoms with Gasteiger partial charge in [-0.3, -0.25) is 4.79 Å². The Balaban J connectivity index is 3.39. The molecule has 0 aromatic heterocycles. The van der Waals surface area contributed by atoms with Crippen molar-refractivity contribution in [1.29, 1.82) is 0 Å². The molecular formula is C14H16BrFOS2. The molecule has 104 valence electrons. The zero-order chi connectivity index (χ0) is 14.4. The summed E-state index contributed by atoms with van der Waals surface area (Å²) in [7, 11) is 0. The summed E-state index contributed by atoms with van der Waals surface area (Å²) in [5.41, 5.74) is 1.43. The van der Waals surface area contributed by atoms with Crippen molar-refractivity contribution in [1.82, 2.24) is 0 Å². The molecule has 0 amide bonds. The minimum atomic E-state index is -0.314. The second kappa shape index (κ2) is 8.12. The normalized spacial score (nSPS) is 10.4. The van der Waals surface area contributed by atoms with Crippen LogP contribution < -0.4 is 0 Å².